The maximum atomic E-state index is 13.5. The van der Waals surface area contributed by atoms with Gasteiger partial charge in [0.05, 0.1) is 21.3 Å². The van der Waals surface area contributed by atoms with Gasteiger partial charge >= 0.3 is 0 Å². The van der Waals surface area contributed by atoms with E-state index in [1.165, 1.54) is 21.3 Å². The smallest absolute Gasteiger partial charge is 0.258 e. The Balaban J connectivity index is 0.00000450. The molecule has 2 aromatic carbocycles. The van der Waals surface area contributed by atoms with Crippen molar-refractivity contribution >= 4 is 35.6 Å². The van der Waals surface area contributed by atoms with Gasteiger partial charge in [0.2, 0.25) is 5.75 Å². The molecule has 0 aliphatic heterocycles. The lowest BCUT2D eigenvalue weighted by molar-refractivity contribution is 0.0983. The van der Waals surface area contributed by atoms with Gasteiger partial charge in [-0.2, -0.15) is 0 Å². The summed E-state index contributed by atoms with van der Waals surface area (Å²) in [6, 6.07) is 10.6. The van der Waals surface area contributed by atoms with Crippen LogP contribution in [0, 0.1) is 0 Å². The van der Waals surface area contributed by atoms with Gasteiger partial charge in [0.15, 0.2) is 11.5 Å². The summed E-state index contributed by atoms with van der Waals surface area (Å²) in [5, 5.41) is 0.623. The molecule has 0 heterocycles. The first-order chi connectivity index (χ1) is 14.0. The van der Waals surface area contributed by atoms with Crippen LogP contribution in [-0.4, -0.2) is 58.3 Å². The molecule has 0 saturated heterocycles. The Bertz CT molecular complexity index is 786. The van der Waals surface area contributed by atoms with Gasteiger partial charge < -0.3 is 24.0 Å². The summed E-state index contributed by atoms with van der Waals surface area (Å²) in [7, 11) is 4.59. The Morgan fingerprint density at radius 3 is 1.87 bits per heavy atom. The van der Waals surface area contributed by atoms with Gasteiger partial charge in [0.25, 0.3) is 5.91 Å². The summed E-state index contributed by atoms with van der Waals surface area (Å²) >= 11 is 6.04. The van der Waals surface area contributed by atoms with Crippen molar-refractivity contribution < 1.29 is 19.0 Å². The van der Waals surface area contributed by atoms with E-state index >= 15 is 0 Å². The maximum Gasteiger partial charge on any atom is 0.258 e. The number of halogens is 2. The van der Waals surface area contributed by atoms with Crippen LogP contribution in [0.3, 0.4) is 0 Å². The van der Waals surface area contributed by atoms with Gasteiger partial charge in [0, 0.05) is 29.4 Å². The SMILES string of the molecule is CCN(CC)CCN(C(=O)c1cc(OC)c(OC)c(OC)c1)c1ccc(Cl)cc1.Cl. The fourth-order valence-electron chi connectivity index (χ4n) is 3.11. The minimum absolute atomic E-state index is 0. The molecule has 0 unspecified atom stereocenters. The lowest BCUT2D eigenvalue weighted by atomic mass is 10.1. The van der Waals surface area contributed by atoms with E-state index in [4.69, 9.17) is 25.8 Å². The second kappa shape index (κ2) is 12.5. The fraction of sp³-hybridized carbons (Fsp3) is 0.409. The Morgan fingerprint density at radius 2 is 1.43 bits per heavy atom. The molecular weight excluding hydrogens is 427 g/mol. The molecule has 0 N–H and O–H groups in total. The van der Waals surface area contributed by atoms with Gasteiger partial charge in [-0.3, -0.25) is 4.79 Å². The predicted molar refractivity (Wildman–Crippen MR) is 124 cm³/mol. The average Bonchev–Trinajstić information content (AvgIpc) is 2.76. The lowest BCUT2D eigenvalue weighted by Gasteiger charge is -2.27. The second-order valence-electron chi connectivity index (χ2n) is 6.37. The zero-order valence-electron chi connectivity index (χ0n) is 18.1. The first-order valence-corrected chi connectivity index (χ1v) is 9.96. The zero-order chi connectivity index (χ0) is 21.4. The van der Waals surface area contributed by atoms with Crippen LogP contribution in [0.2, 0.25) is 5.02 Å². The molecular formula is C22H30Cl2N2O4. The van der Waals surface area contributed by atoms with Crippen LogP contribution < -0.4 is 19.1 Å². The number of carbonyl (C=O) groups excluding carboxylic acids is 1. The average molecular weight is 457 g/mol. The minimum atomic E-state index is -0.154. The maximum absolute atomic E-state index is 13.5. The third-order valence-corrected chi connectivity index (χ3v) is 5.08. The van der Waals surface area contributed by atoms with Crippen molar-refractivity contribution in [3.8, 4) is 17.2 Å². The number of carbonyl (C=O) groups is 1. The molecule has 6 nitrogen and oxygen atoms in total. The lowest BCUT2D eigenvalue weighted by Crippen LogP contribution is -2.39. The molecule has 0 aromatic heterocycles. The van der Waals surface area contributed by atoms with Crippen LogP contribution in [0.1, 0.15) is 24.2 Å². The standard InChI is InChI=1S/C22H29ClN2O4.ClH/c1-6-24(7-2)12-13-25(18-10-8-17(23)9-11-18)22(26)16-14-19(27-3)21(29-5)20(15-16)28-4;/h8-11,14-15H,6-7,12-13H2,1-5H3;1H. The first kappa shape index (κ1) is 25.9. The topological polar surface area (TPSA) is 51.2 Å². The third kappa shape index (κ3) is 6.17. The highest BCUT2D eigenvalue weighted by molar-refractivity contribution is 6.30. The largest absolute Gasteiger partial charge is 0.493 e. The van der Waals surface area contributed by atoms with Gasteiger partial charge in [-0.1, -0.05) is 25.4 Å². The number of nitrogens with zero attached hydrogens (tertiary/aromatic N) is 2. The number of benzene rings is 2. The molecule has 2 rings (SSSR count). The van der Waals surface area contributed by atoms with Crippen molar-refractivity contribution in [1.82, 2.24) is 4.90 Å². The highest BCUT2D eigenvalue weighted by Crippen LogP contribution is 2.38. The van der Waals surface area contributed by atoms with Gasteiger partial charge in [-0.15, -0.1) is 12.4 Å². The molecule has 0 radical (unpaired) electrons. The van der Waals surface area contributed by atoms with E-state index in [1.807, 2.05) is 12.1 Å². The number of anilines is 1. The van der Waals surface area contributed by atoms with Gasteiger partial charge in [0.1, 0.15) is 0 Å². The van der Waals surface area contributed by atoms with Crippen LogP contribution in [0.15, 0.2) is 36.4 Å². The number of likely N-dealkylation sites (N-methyl/N-ethyl adjacent to an activating group) is 1. The summed E-state index contributed by atoms with van der Waals surface area (Å²) in [6.07, 6.45) is 0. The molecule has 0 fully saturated rings. The van der Waals surface area contributed by atoms with Crippen molar-refractivity contribution in [2.45, 2.75) is 13.8 Å². The monoisotopic (exact) mass is 456 g/mol. The summed E-state index contributed by atoms with van der Waals surface area (Å²) in [4.78, 5) is 17.5. The number of methoxy groups -OCH3 is 3. The van der Waals surface area contributed by atoms with Crippen LogP contribution >= 0.6 is 24.0 Å². The van der Waals surface area contributed by atoms with Crippen molar-refractivity contribution in [2.75, 3.05) is 52.4 Å². The summed E-state index contributed by atoms with van der Waals surface area (Å²) in [5.41, 5.74) is 1.23. The normalized spacial score (nSPS) is 10.4. The van der Waals surface area contributed by atoms with Crippen LogP contribution in [0.5, 0.6) is 17.2 Å². The summed E-state index contributed by atoms with van der Waals surface area (Å²) in [5.74, 6) is 1.18. The van der Waals surface area contributed by atoms with E-state index < -0.39 is 0 Å². The molecule has 2 aromatic rings. The molecule has 0 aliphatic rings. The van der Waals surface area contributed by atoms with Crippen LogP contribution in [0.4, 0.5) is 5.69 Å². The molecule has 0 aliphatic carbocycles. The quantitative estimate of drug-likeness (QED) is 0.514. The molecule has 0 spiro atoms. The van der Waals surface area contributed by atoms with E-state index in [0.29, 0.717) is 34.4 Å². The van der Waals surface area contributed by atoms with E-state index in [2.05, 4.69) is 18.7 Å². The Kier molecular flexibility index (Phi) is 10.8. The van der Waals surface area contributed by atoms with Crippen molar-refractivity contribution in [1.29, 1.82) is 0 Å². The molecule has 1 amide bonds. The Morgan fingerprint density at radius 1 is 0.900 bits per heavy atom. The number of hydrogen-bond acceptors (Lipinski definition) is 5. The summed E-state index contributed by atoms with van der Waals surface area (Å²) in [6.45, 7) is 7.35. The van der Waals surface area contributed by atoms with Gasteiger partial charge in [-0.05, 0) is 49.5 Å². The minimum Gasteiger partial charge on any atom is -0.493 e. The number of amides is 1. The molecule has 0 bridgehead atoms. The fourth-order valence-corrected chi connectivity index (χ4v) is 3.24. The van der Waals surface area contributed by atoms with E-state index in [1.54, 1.807) is 29.2 Å². The predicted octanol–water partition coefficient (Wildman–Crippen LogP) is 4.78. The van der Waals surface area contributed by atoms with E-state index in [-0.39, 0.29) is 18.3 Å². The molecule has 0 saturated carbocycles. The number of hydrogen-bond donors (Lipinski definition) is 0. The molecule has 8 heteroatoms. The second-order valence-corrected chi connectivity index (χ2v) is 6.81. The Hall–Kier alpha value is -2.15. The van der Waals surface area contributed by atoms with Crippen molar-refractivity contribution in [2.24, 2.45) is 0 Å². The van der Waals surface area contributed by atoms with Crippen molar-refractivity contribution in [3.63, 3.8) is 0 Å². The number of ether oxygens (including phenoxy) is 3. The summed E-state index contributed by atoms with van der Waals surface area (Å²) < 4.78 is 16.2. The molecule has 30 heavy (non-hydrogen) atoms. The highest BCUT2D eigenvalue weighted by atomic mass is 35.5. The van der Waals surface area contributed by atoms with Gasteiger partial charge in [-0.25, -0.2) is 0 Å². The number of rotatable bonds is 10. The van der Waals surface area contributed by atoms with E-state index in [9.17, 15) is 4.79 Å². The highest BCUT2D eigenvalue weighted by Gasteiger charge is 2.23. The first-order valence-electron chi connectivity index (χ1n) is 9.58. The zero-order valence-corrected chi connectivity index (χ0v) is 19.7. The van der Waals surface area contributed by atoms with Crippen molar-refractivity contribution in [3.05, 3.63) is 47.0 Å². The molecule has 0 atom stereocenters. The van der Waals surface area contributed by atoms with Crippen LogP contribution in [-0.2, 0) is 0 Å². The Labute approximate surface area is 190 Å². The van der Waals surface area contributed by atoms with Crippen LogP contribution in [0.25, 0.3) is 0 Å². The molecule has 166 valence electrons. The third-order valence-electron chi connectivity index (χ3n) is 4.83. The van der Waals surface area contributed by atoms with E-state index in [0.717, 1.165) is 25.3 Å².